The number of aryl methyl sites for hydroxylation is 2. The van der Waals surface area contributed by atoms with Gasteiger partial charge >= 0.3 is 5.97 Å². The van der Waals surface area contributed by atoms with Crippen molar-refractivity contribution in [1.29, 1.82) is 0 Å². The predicted molar refractivity (Wildman–Crippen MR) is 115 cm³/mol. The second-order valence-corrected chi connectivity index (χ2v) is 8.45. The molecular weight excluding hydrogens is 386 g/mol. The number of hydrogen-bond donors (Lipinski definition) is 1. The maximum absolute atomic E-state index is 11.8. The monoisotopic (exact) mass is 409 g/mol. The molecule has 0 spiro atoms. The fourth-order valence-corrected chi connectivity index (χ4v) is 4.38. The average molecular weight is 410 g/mol. The molecule has 0 unspecified atom stereocenters. The molecule has 0 aromatic carbocycles. The third-order valence-corrected chi connectivity index (χ3v) is 6.31. The zero-order valence-electron chi connectivity index (χ0n) is 16.7. The van der Waals surface area contributed by atoms with Gasteiger partial charge in [0.05, 0.1) is 10.6 Å². The summed E-state index contributed by atoms with van der Waals surface area (Å²) in [7, 11) is 0. The zero-order valence-corrected chi connectivity index (χ0v) is 17.5. The second kappa shape index (κ2) is 7.79. The molecule has 1 aliphatic heterocycles. The lowest BCUT2D eigenvalue weighted by Gasteiger charge is -2.37. The summed E-state index contributed by atoms with van der Waals surface area (Å²) >= 11 is 1.66. The number of piperazine rings is 1. The Labute approximate surface area is 173 Å². The molecular formula is C21H23N5O2S. The summed E-state index contributed by atoms with van der Waals surface area (Å²) < 4.78 is 0. The summed E-state index contributed by atoms with van der Waals surface area (Å²) in [6.07, 6.45) is 1.60. The van der Waals surface area contributed by atoms with Gasteiger partial charge in [-0.05, 0) is 45.0 Å². The molecule has 0 radical (unpaired) electrons. The molecule has 3 aromatic heterocycles. The number of carboxylic acid groups (broad SMARTS) is 1. The third kappa shape index (κ3) is 3.80. The number of aromatic carboxylic acids is 1. The molecule has 8 heteroatoms. The Hall–Kier alpha value is -3.00. The summed E-state index contributed by atoms with van der Waals surface area (Å²) in [5.74, 6) is 0.536. The fourth-order valence-electron chi connectivity index (χ4n) is 3.54. The van der Waals surface area contributed by atoms with Gasteiger partial charge in [-0.3, -0.25) is 0 Å². The normalized spacial score (nSPS) is 14.3. The van der Waals surface area contributed by atoms with Gasteiger partial charge in [0.1, 0.15) is 23.5 Å². The largest absolute Gasteiger partial charge is 0.478 e. The van der Waals surface area contributed by atoms with Gasteiger partial charge in [0, 0.05) is 42.3 Å². The number of rotatable bonds is 4. The van der Waals surface area contributed by atoms with Gasteiger partial charge in [0.15, 0.2) is 0 Å². The molecule has 0 bridgehead atoms. The van der Waals surface area contributed by atoms with Crippen LogP contribution in [0.1, 0.15) is 26.5 Å². The van der Waals surface area contributed by atoms with Crippen LogP contribution in [-0.2, 0) is 0 Å². The lowest BCUT2D eigenvalue weighted by molar-refractivity contribution is 0.0697. The van der Waals surface area contributed by atoms with Gasteiger partial charge in [-0.1, -0.05) is 0 Å². The van der Waals surface area contributed by atoms with Crippen LogP contribution in [-0.4, -0.2) is 52.2 Å². The van der Waals surface area contributed by atoms with Crippen molar-refractivity contribution in [2.75, 3.05) is 36.0 Å². The van der Waals surface area contributed by atoms with E-state index in [1.807, 2.05) is 19.9 Å². The number of anilines is 2. The minimum atomic E-state index is -0.953. The summed E-state index contributed by atoms with van der Waals surface area (Å²) in [4.78, 5) is 31.8. The van der Waals surface area contributed by atoms with Crippen LogP contribution < -0.4 is 9.80 Å². The molecule has 0 saturated carbocycles. The first-order valence-electron chi connectivity index (χ1n) is 9.53. The summed E-state index contributed by atoms with van der Waals surface area (Å²) in [6.45, 7) is 8.94. The standard InChI is InChI=1S/C21H23N5O2S/c1-13-4-7-18(29-13)17-6-5-16(21(27)28)20(24-17)26-10-8-25(9-11-26)19-14(2)15(3)22-12-23-19/h4-7,12H,8-11H2,1-3H3,(H,27,28). The highest BCUT2D eigenvalue weighted by molar-refractivity contribution is 7.15. The molecule has 7 nitrogen and oxygen atoms in total. The molecule has 1 N–H and O–H groups in total. The van der Waals surface area contributed by atoms with E-state index in [1.165, 1.54) is 4.88 Å². The van der Waals surface area contributed by atoms with Gasteiger partial charge in [0.25, 0.3) is 0 Å². The van der Waals surface area contributed by atoms with Crippen LogP contribution in [0.3, 0.4) is 0 Å². The highest BCUT2D eigenvalue weighted by Gasteiger charge is 2.25. The first-order chi connectivity index (χ1) is 13.9. The molecule has 0 atom stereocenters. The molecule has 1 saturated heterocycles. The molecule has 1 aliphatic rings. The molecule has 29 heavy (non-hydrogen) atoms. The highest BCUT2D eigenvalue weighted by atomic mass is 32.1. The van der Waals surface area contributed by atoms with Gasteiger partial charge in [-0.2, -0.15) is 0 Å². The van der Waals surface area contributed by atoms with Gasteiger partial charge in [0.2, 0.25) is 0 Å². The summed E-state index contributed by atoms with van der Waals surface area (Å²) in [5.41, 5.74) is 3.11. The third-order valence-electron chi connectivity index (χ3n) is 5.29. The van der Waals surface area contributed by atoms with E-state index in [2.05, 4.69) is 32.8 Å². The number of nitrogens with zero attached hydrogens (tertiary/aromatic N) is 5. The van der Waals surface area contributed by atoms with Crippen molar-refractivity contribution in [3.63, 3.8) is 0 Å². The summed E-state index contributed by atoms with van der Waals surface area (Å²) in [5, 5.41) is 9.67. The van der Waals surface area contributed by atoms with E-state index in [9.17, 15) is 9.90 Å². The van der Waals surface area contributed by atoms with Crippen molar-refractivity contribution in [2.24, 2.45) is 0 Å². The minimum Gasteiger partial charge on any atom is -0.478 e. The van der Waals surface area contributed by atoms with Crippen LogP contribution in [0.5, 0.6) is 0 Å². The number of hydrogen-bond acceptors (Lipinski definition) is 7. The Morgan fingerprint density at radius 1 is 0.966 bits per heavy atom. The molecule has 0 aliphatic carbocycles. The fraction of sp³-hybridized carbons (Fsp3) is 0.333. The van der Waals surface area contributed by atoms with E-state index in [1.54, 1.807) is 29.8 Å². The van der Waals surface area contributed by atoms with Crippen molar-refractivity contribution in [1.82, 2.24) is 15.0 Å². The van der Waals surface area contributed by atoms with Crippen molar-refractivity contribution in [3.8, 4) is 10.6 Å². The van der Waals surface area contributed by atoms with E-state index >= 15 is 0 Å². The minimum absolute atomic E-state index is 0.240. The van der Waals surface area contributed by atoms with Crippen molar-refractivity contribution in [3.05, 3.63) is 52.3 Å². The topological polar surface area (TPSA) is 82.5 Å². The Morgan fingerprint density at radius 2 is 1.66 bits per heavy atom. The number of carboxylic acids is 1. The first kappa shape index (κ1) is 19.3. The second-order valence-electron chi connectivity index (χ2n) is 7.16. The molecule has 0 amide bonds. The summed E-state index contributed by atoms with van der Waals surface area (Å²) in [6, 6.07) is 7.54. The Balaban J connectivity index is 1.60. The quantitative estimate of drug-likeness (QED) is 0.705. The first-order valence-corrected chi connectivity index (χ1v) is 10.3. The smallest absolute Gasteiger partial charge is 0.339 e. The van der Waals surface area contributed by atoms with E-state index in [4.69, 9.17) is 4.98 Å². The zero-order chi connectivity index (χ0) is 20.5. The Morgan fingerprint density at radius 3 is 2.28 bits per heavy atom. The van der Waals surface area contributed by atoms with Crippen LogP contribution in [0, 0.1) is 20.8 Å². The molecule has 3 aromatic rings. The van der Waals surface area contributed by atoms with E-state index in [-0.39, 0.29) is 5.56 Å². The van der Waals surface area contributed by atoms with Crippen molar-refractivity contribution < 1.29 is 9.90 Å². The highest BCUT2D eigenvalue weighted by Crippen LogP contribution is 2.30. The van der Waals surface area contributed by atoms with Gasteiger partial charge in [-0.25, -0.2) is 19.7 Å². The van der Waals surface area contributed by atoms with Crippen LogP contribution in [0.25, 0.3) is 10.6 Å². The van der Waals surface area contributed by atoms with Gasteiger partial charge < -0.3 is 14.9 Å². The van der Waals surface area contributed by atoms with Crippen LogP contribution in [0.2, 0.25) is 0 Å². The Kier molecular flexibility index (Phi) is 5.19. The van der Waals surface area contributed by atoms with Crippen LogP contribution >= 0.6 is 11.3 Å². The Bertz CT molecular complexity index is 1060. The maximum atomic E-state index is 11.8. The van der Waals surface area contributed by atoms with E-state index < -0.39 is 5.97 Å². The molecule has 4 rings (SSSR count). The predicted octanol–water partition coefficient (Wildman–Crippen LogP) is 3.55. The van der Waals surface area contributed by atoms with Crippen LogP contribution in [0.15, 0.2) is 30.6 Å². The number of carbonyl (C=O) groups is 1. The number of thiophene rings is 1. The SMILES string of the molecule is Cc1ccc(-c2ccc(C(=O)O)c(N3CCN(c4ncnc(C)c4C)CC3)n2)s1. The van der Waals surface area contributed by atoms with E-state index in [0.29, 0.717) is 18.9 Å². The van der Waals surface area contributed by atoms with Gasteiger partial charge in [-0.15, -0.1) is 11.3 Å². The van der Waals surface area contributed by atoms with Crippen molar-refractivity contribution in [2.45, 2.75) is 20.8 Å². The molecule has 1 fully saturated rings. The lowest BCUT2D eigenvalue weighted by atomic mass is 10.1. The average Bonchev–Trinajstić information content (AvgIpc) is 3.16. The lowest BCUT2D eigenvalue weighted by Crippen LogP contribution is -2.47. The molecule has 150 valence electrons. The maximum Gasteiger partial charge on any atom is 0.339 e. The number of aromatic nitrogens is 3. The number of pyridine rings is 1. The van der Waals surface area contributed by atoms with Crippen molar-refractivity contribution >= 4 is 28.9 Å². The molecule has 4 heterocycles. The van der Waals surface area contributed by atoms with Crippen LogP contribution in [0.4, 0.5) is 11.6 Å². The van der Waals surface area contributed by atoms with E-state index in [0.717, 1.165) is 40.7 Å².